The molecule has 1 atom stereocenters. The van der Waals surface area contributed by atoms with E-state index in [1.165, 1.54) is 37.2 Å². The van der Waals surface area contributed by atoms with Crippen molar-refractivity contribution in [3.05, 3.63) is 41.9 Å². The summed E-state index contributed by atoms with van der Waals surface area (Å²) in [6.45, 7) is 9.28. The minimum atomic E-state index is -0.772. The van der Waals surface area contributed by atoms with Crippen molar-refractivity contribution < 1.29 is 13.9 Å². The lowest BCUT2D eigenvalue weighted by Crippen LogP contribution is -2.37. The number of nitriles is 1. The van der Waals surface area contributed by atoms with E-state index >= 15 is 0 Å². The average molecular weight is 447 g/mol. The maximum absolute atomic E-state index is 12.6. The first kappa shape index (κ1) is 27.1. The lowest BCUT2D eigenvalue weighted by molar-refractivity contribution is -0.114. The van der Waals surface area contributed by atoms with Crippen LogP contribution < -0.4 is 17.2 Å². The molecule has 2 fully saturated rings. The van der Waals surface area contributed by atoms with Crippen LogP contribution in [0.1, 0.15) is 33.1 Å². The van der Waals surface area contributed by atoms with Gasteiger partial charge in [0.2, 0.25) is 0 Å². The summed E-state index contributed by atoms with van der Waals surface area (Å²) >= 11 is 0. The molecule has 2 aliphatic heterocycles. The maximum atomic E-state index is 12.6. The number of ether oxygens (including phenoxy) is 1. The van der Waals surface area contributed by atoms with E-state index in [0.717, 1.165) is 51.3 Å². The molecule has 2 aliphatic rings. The predicted octanol–water partition coefficient (Wildman–Crippen LogP) is 2.43. The maximum Gasteiger partial charge on any atom is 0.253 e. The molecule has 8 nitrogen and oxygen atoms in total. The van der Waals surface area contributed by atoms with Gasteiger partial charge in [0, 0.05) is 25.3 Å². The number of carbonyl (C=O) groups is 1. The van der Waals surface area contributed by atoms with Gasteiger partial charge in [-0.15, -0.1) is 0 Å². The van der Waals surface area contributed by atoms with Gasteiger partial charge in [-0.05, 0) is 62.5 Å². The zero-order valence-electron chi connectivity index (χ0n) is 19.0. The zero-order chi connectivity index (χ0) is 23.9. The van der Waals surface area contributed by atoms with Gasteiger partial charge in [-0.2, -0.15) is 5.26 Å². The topological polar surface area (TPSA) is 144 Å². The van der Waals surface area contributed by atoms with Crippen molar-refractivity contribution in [3.8, 4) is 6.07 Å². The van der Waals surface area contributed by atoms with Gasteiger partial charge in [0.25, 0.3) is 5.91 Å². The van der Waals surface area contributed by atoms with Crippen LogP contribution in [0.15, 0.2) is 41.0 Å². The molecule has 0 aromatic heterocycles. The number of rotatable bonds is 5. The Morgan fingerprint density at radius 2 is 1.88 bits per heavy atom. The molecule has 1 unspecified atom stereocenters. The highest BCUT2D eigenvalue weighted by atomic mass is 19.1. The SMILES string of the molecule is CC.N#CC1CCN(CC2CCOC2)CC1.N/C=C(/C(N)=O)C(N)=Nc1ccc(F)cc1. The van der Waals surface area contributed by atoms with Crippen molar-refractivity contribution in [3.63, 3.8) is 0 Å². The van der Waals surface area contributed by atoms with E-state index in [1.807, 2.05) is 13.8 Å². The lowest BCUT2D eigenvalue weighted by atomic mass is 9.97. The number of aliphatic imine (C=N–C) groups is 1. The highest BCUT2D eigenvalue weighted by Gasteiger charge is 2.23. The number of primary amides is 1. The molecule has 0 bridgehead atoms. The summed E-state index contributed by atoms with van der Waals surface area (Å²) in [4.78, 5) is 17.2. The second kappa shape index (κ2) is 14.9. The van der Waals surface area contributed by atoms with Crippen molar-refractivity contribution in [2.45, 2.75) is 33.1 Å². The fourth-order valence-electron chi connectivity index (χ4n) is 3.35. The molecule has 0 radical (unpaired) electrons. The molecular weight excluding hydrogens is 411 g/mol. The number of likely N-dealkylation sites (tertiary alicyclic amines) is 1. The number of piperidine rings is 1. The Balaban J connectivity index is 0.000000299. The monoisotopic (exact) mass is 446 g/mol. The standard InChI is InChI=1S/C11H18N2O.C10H11FN4O.C2H6/c12-7-10-1-4-13(5-2-10)8-11-3-6-14-9-11;11-6-1-3-7(4-2-6)15-9(13)8(5-12)10(14)16;1-2/h10-11H,1-6,8-9H2;1-5H,12H2,(H2,13,15)(H2,14,16);1-2H3/b;8-5+;. The predicted molar refractivity (Wildman–Crippen MR) is 124 cm³/mol. The summed E-state index contributed by atoms with van der Waals surface area (Å²) in [5.41, 5.74) is 16.0. The van der Waals surface area contributed by atoms with Crippen LogP contribution >= 0.6 is 0 Å². The van der Waals surface area contributed by atoms with Gasteiger partial charge in [-0.1, -0.05) is 13.8 Å². The first-order valence-corrected chi connectivity index (χ1v) is 10.9. The summed E-state index contributed by atoms with van der Waals surface area (Å²) < 4.78 is 18.0. The Kier molecular flexibility index (Phi) is 12.6. The Labute approximate surface area is 189 Å². The molecule has 1 aromatic rings. The van der Waals surface area contributed by atoms with Crippen molar-refractivity contribution in [1.29, 1.82) is 5.26 Å². The minimum Gasteiger partial charge on any atom is -0.404 e. The minimum absolute atomic E-state index is 0.0793. The van der Waals surface area contributed by atoms with Gasteiger partial charge in [-0.25, -0.2) is 9.38 Å². The van der Waals surface area contributed by atoms with Crippen molar-refractivity contribution in [1.82, 2.24) is 4.90 Å². The molecule has 9 heteroatoms. The molecule has 32 heavy (non-hydrogen) atoms. The Bertz CT molecular complexity index is 790. The second-order valence-electron chi connectivity index (χ2n) is 7.35. The average Bonchev–Trinajstić information content (AvgIpc) is 3.31. The Hall–Kier alpha value is -2.96. The molecule has 1 aromatic carbocycles. The van der Waals surface area contributed by atoms with E-state index < -0.39 is 5.91 Å². The second-order valence-corrected chi connectivity index (χ2v) is 7.35. The summed E-state index contributed by atoms with van der Waals surface area (Å²) in [7, 11) is 0. The van der Waals surface area contributed by atoms with E-state index in [-0.39, 0.29) is 17.2 Å². The van der Waals surface area contributed by atoms with Crippen LogP contribution in [0.4, 0.5) is 10.1 Å². The largest absolute Gasteiger partial charge is 0.404 e. The third kappa shape index (κ3) is 9.45. The van der Waals surface area contributed by atoms with Crippen LogP contribution in [-0.4, -0.2) is 49.5 Å². The summed E-state index contributed by atoms with van der Waals surface area (Å²) in [5, 5.41) is 8.77. The molecule has 0 spiro atoms. The number of hydrogen-bond acceptors (Lipinski definition) is 6. The van der Waals surface area contributed by atoms with E-state index in [2.05, 4.69) is 16.0 Å². The number of nitrogens with zero attached hydrogens (tertiary/aromatic N) is 3. The first-order chi connectivity index (χ1) is 15.4. The highest BCUT2D eigenvalue weighted by Crippen LogP contribution is 2.20. The van der Waals surface area contributed by atoms with Crippen LogP contribution in [-0.2, 0) is 9.53 Å². The molecule has 3 rings (SSSR count). The number of hydrogen-bond donors (Lipinski definition) is 3. The van der Waals surface area contributed by atoms with Crippen molar-refractivity contribution in [2.75, 3.05) is 32.8 Å². The zero-order valence-corrected chi connectivity index (χ0v) is 19.0. The van der Waals surface area contributed by atoms with Gasteiger partial charge in [0.05, 0.1) is 23.9 Å². The highest BCUT2D eigenvalue weighted by molar-refractivity contribution is 6.20. The number of benzene rings is 1. The molecule has 2 saturated heterocycles. The van der Waals surface area contributed by atoms with E-state index in [0.29, 0.717) is 11.6 Å². The summed E-state index contributed by atoms with van der Waals surface area (Å²) in [5.74, 6) is -0.214. The van der Waals surface area contributed by atoms with Gasteiger partial charge in [0.15, 0.2) is 0 Å². The molecule has 2 heterocycles. The Morgan fingerprint density at radius 1 is 1.25 bits per heavy atom. The number of amidine groups is 1. The lowest BCUT2D eigenvalue weighted by Gasteiger charge is -2.30. The third-order valence-corrected chi connectivity index (χ3v) is 5.09. The van der Waals surface area contributed by atoms with E-state index in [9.17, 15) is 9.18 Å². The number of halogens is 1. The molecular formula is C23H35FN6O2. The number of nitrogens with two attached hydrogens (primary N) is 3. The molecule has 0 saturated carbocycles. The Morgan fingerprint density at radius 3 is 2.34 bits per heavy atom. The summed E-state index contributed by atoms with van der Waals surface area (Å²) in [6, 6.07) is 7.64. The van der Waals surface area contributed by atoms with Crippen molar-refractivity contribution in [2.24, 2.45) is 34.0 Å². The first-order valence-electron chi connectivity index (χ1n) is 10.9. The number of carbonyl (C=O) groups excluding carboxylic acids is 1. The molecule has 176 valence electrons. The third-order valence-electron chi connectivity index (χ3n) is 5.09. The summed E-state index contributed by atoms with van der Waals surface area (Å²) in [6.07, 6.45) is 4.32. The number of amides is 1. The van der Waals surface area contributed by atoms with Crippen LogP contribution in [0.5, 0.6) is 0 Å². The molecule has 1 amide bonds. The van der Waals surface area contributed by atoms with Gasteiger partial charge >= 0.3 is 0 Å². The van der Waals surface area contributed by atoms with Gasteiger partial charge < -0.3 is 26.8 Å². The van der Waals surface area contributed by atoms with E-state index in [4.69, 9.17) is 27.2 Å². The van der Waals surface area contributed by atoms with Crippen molar-refractivity contribution >= 4 is 17.4 Å². The van der Waals surface area contributed by atoms with Gasteiger partial charge in [0.1, 0.15) is 11.7 Å². The van der Waals surface area contributed by atoms with Crippen LogP contribution in [0.25, 0.3) is 0 Å². The smallest absolute Gasteiger partial charge is 0.253 e. The molecule has 6 N–H and O–H groups in total. The fraction of sp³-hybridized carbons (Fsp3) is 0.522. The quantitative estimate of drug-likeness (QED) is 0.360. The molecule has 0 aliphatic carbocycles. The normalized spacial score (nSPS) is 19.8. The van der Waals surface area contributed by atoms with Crippen LogP contribution in [0.3, 0.4) is 0 Å². The van der Waals surface area contributed by atoms with Gasteiger partial charge in [-0.3, -0.25) is 4.79 Å². The van der Waals surface area contributed by atoms with Crippen LogP contribution in [0, 0.1) is 29.0 Å². The van der Waals surface area contributed by atoms with E-state index in [1.54, 1.807) is 0 Å². The van der Waals surface area contributed by atoms with Crippen LogP contribution in [0.2, 0.25) is 0 Å². The fourth-order valence-corrected chi connectivity index (χ4v) is 3.35.